The molecule has 0 N–H and O–H groups in total. The zero-order chi connectivity index (χ0) is 9.97. The summed E-state index contributed by atoms with van der Waals surface area (Å²) in [5.74, 6) is 0.181. The molecule has 1 aliphatic rings. The summed E-state index contributed by atoms with van der Waals surface area (Å²) in [5, 5.41) is 0. The van der Waals surface area contributed by atoms with E-state index in [0.29, 0.717) is 17.9 Å². The zero-order valence-corrected chi connectivity index (χ0v) is 8.65. The Morgan fingerprint density at radius 2 is 2.14 bits per heavy atom. The van der Waals surface area contributed by atoms with E-state index in [1.54, 1.807) is 18.2 Å². The summed E-state index contributed by atoms with van der Waals surface area (Å²) in [5.41, 5.74) is 0.459. The lowest BCUT2D eigenvalue weighted by Gasteiger charge is -2.20. The number of carbonyl (C=O) groups excluding carboxylic acids is 1. The number of benzene rings is 1. The van der Waals surface area contributed by atoms with E-state index in [1.165, 1.54) is 0 Å². The third kappa shape index (κ3) is 1.64. The van der Waals surface area contributed by atoms with E-state index in [1.807, 2.05) is 13.0 Å². The summed E-state index contributed by atoms with van der Waals surface area (Å²) in [6.45, 7) is 2.30. The normalized spacial score (nSPS) is 15.6. The van der Waals surface area contributed by atoms with Crippen molar-refractivity contribution in [3.8, 4) is 5.75 Å². The van der Waals surface area contributed by atoms with Gasteiger partial charge in [0.1, 0.15) is 5.75 Å². The smallest absolute Gasteiger partial charge is 0.488 e. The third-order valence-electron chi connectivity index (χ3n) is 1.74. The lowest BCUT2D eigenvalue weighted by molar-refractivity contribution is 0.0574. The van der Waals surface area contributed by atoms with Crippen LogP contribution in [0.25, 0.3) is 0 Å². The van der Waals surface area contributed by atoms with E-state index in [9.17, 15) is 4.79 Å². The van der Waals surface area contributed by atoms with Crippen LogP contribution in [0.1, 0.15) is 17.3 Å². The molecule has 1 heterocycles. The molecule has 5 heteroatoms. The monoisotopic (exact) mass is 209 g/mol. The maximum absolute atomic E-state index is 11.4. The zero-order valence-electron chi connectivity index (χ0n) is 7.65. The topological polar surface area (TPSA) is 44.8 Å². The van der Waals surface area contributed by atoms with E-state index < -0.39 is 9.53 Å². The maximum atomic E-state index is 11.4. The number of carbonyl (C=O) groups is 1. The van der Waals surface area contributed by atoms with Gasteiger partial charge in [-0.2, -0.15) is 0 Å². The van der Waals surface area contributed by atoms with Crippen molar-refractivity contribution in [1.82, 2.24) is 0 Å². The number of hydrogen-bond acceptors (Lipinski definition) is 4. The second-order valence-electron chi connectivity index (χ2n) is 2.67. The van der Waals surface area contributed by atoms with Crippen LogP contribution in [0, 0.1) is 0 Å². The summed E-state index contributed by atoms with van der Waals surface area (Å²) >= 11 is 0. The predicted octanol–water partition coefficient (Wildman–Crippen LogP) is 1.26. The first-order chi connectivity index (χ1) is 6.81. The molecule has 0 saturated carbocycles. The average Bonchev–Trinajstić information content (AvgIpc) is 2.18. The summed E-state index contributed by atoms with van der Waals surface area (Å²) in [4.78, 5) is 11.4. The van der Waals surface area contributed by atoms with Crippen molar-refractivity contribution in [3.63, 3.8) is 0 Å². The van der Waals surface area contributed by atoms with E-state index >= 15 is 0 Å². The first kappa shape index (κ1) is 9.23. The molecular formula is C9H9O4Si. The Bertz CT molecular complexity index is 352. The summed E-state index contributed by atoms with van der Waals surface area (Å²) < 4.78 is 15.5. The minimum absolute atomic E-state index is 0.366. The van der Waals surface area contributed by atoms with Gasteiger partial charge in [-0.15, -0.1) is 0 Å². The van der Waals surface area contributed by atoms with Gasteiger partial charge in [0.15, 0.2) is 0 Å². The molecule has 14 heavy (non-hydrogen) atoms. The maximum Gasteiger partial charge on any atom is 0.738 e. The molecule has 2 rings (SSSR count). The minimum Gasteiger partial charge on any atom is -0.488 e. The molecule has 1 aromatic rings. The molecule has 4 nitrogen and oxygen atoms in total. The van der Waals surface area contributed by atoms with Crippen LogP contribution >= 0.6 is 0 Å². The van der Waals surface area contributed by atoms with Crippen LogP contribution in [0.15, 0.2) is 24.3 Å². The Morgan fingerprint density at radius 3 is 2.93 bits per heavy atom. The molecule has 0 unspecified atom stereocenters. The first-order valence-corrected chi connectivity index (χ1v) is 5.52. The van der Waals surface area contributed by atoms with E-state index in [0.717, 1.165) is 0 Å². The van der Waals surface area contributed by atoms with Crippen molar-refractivity contribution in [2.45, 2.75) is 6.92 Å². The molecule has 0 fully saturated rings. The van der Waals surface area contributed by atoms with Crippen molar-refractivity contribution in [2.24, 2.45) is 0 Å². The molecule has 1 radical (unpaired) electrons. The first-order valence-electron chi connectivity index (χ1n) is 4.30. The highest BCUT2D eigenvalue weighted by atomic mass is 28.3. The molecule has 0 aliphatic carbocycles. The van der Waals surface area contributed by atoms with Crippen molar-refractivity contribution < 1.29 is 18.1 Å². The fraction of sp³-hybridized carbons (Fsp3) is 0.222. The largest absolute Gasteiger partial charge is 0.738 e. The van der Waals surface area contributed by atoms with E-state index in [-0.39, 0.29) is 5.97 Å². The fourth-order valence-electron chi connectivity index (χ4n) is 1.14. The van der Waals surface area contributed by atoms with Crippen LogP contribution in [-0.2, 0) is 8.85 Å². The van der Waals surface area contributed by atoms with Crippen LogP contribution in [0.5, 0.6) is 5.75 Å². The molecule has 0 bridgehead atoms. The van der Waals surface area contributed by atoms with Crippen molar-refractivity contribution >= 4 is 15.5 Å². The summed E-state index contributed by atoms with van der Waals surface area (Å²) in [7, 11) is -1.91. The Hall–Kier alpha value is -1.33. The van der Waals surface area contributed by atoms with Gasteiger partial charge in [-0.05, 0) is 19.1 Å². The van der Waals surface area contributed by atoms with Crippen molar-refractivity contribution in [2.75, 3.05) is 6.61 Å². The second-order valence-corrected chi connectivity index (χ2v) is 3.87. The standard InChI is InChI=1S/C9H9O4Si/c1-2-11-14-12-8-6-4-3-5-7(8)9(10)13-14/h3-6H,2H2,1H3. The molecule has 1 aromatic carbocycles. The van der Waals surface area contributed by atoms with Gasteiger partial charge in [-0.3, -0.25) is 0 Å². The SMILES string of the molecule is CCO[Si]1OC(=O)c2ccccc2O1. The minimum atomic E-state index is -1.91. The summed E-state index contributed by atoms with van der Waals surface area (Å²) in [6.07, 6.45) is 0. The predicted molar refractivity (Wildman–Crippen MR) is 49.9 cm³/mol. The fourth-order valence-corrected chi connectivity index (χ4v) is 2.16. The molecule has 0 saturated heterocycles. The van der Waals surface area contributed by atoms with Gasteiger partial charge >= 0.3 is 15.5 Å². The van der Waals surface area contributed by atoms with Gasteiger partial charge in [-0.25, -0.2) is 4.79 Å². The molecule has 1 aliphatic heterocycles. The quantitative estimate of drug-likeness (QED) is 0.688. The van der Waals surface area contributed by atoms with Crippen LogP contribution in [0.3, 0.4) is 0 Å². The number of rotatable bonds is 2. The molecule has 0 atom stereocenters. The highest BCUT2D eigenvalue weighted by Crippen LogP contribution is 2.24. The van der Waals surface area contributed by atoms with Crippen LogP contribution in [-0.4, -0.2) is 22.1 Å². The van der Waals surface area contributed by atoms with Gasteiger partial charge < -0.3 is 13.3 Å². The highest BCUT2D eigenvalue weighted by molar-refractivity contribution is 6.42. The highest BCUT2D eigenvalue weighted by Gasteiger charge is 2.34. The van der Waals surface area contributed by atoms with Gasteiger partial charge in [0.05, 0.1) is 5.56 Å². The van der Waals surface area contributed by atoms with E-state index in [4.69, 9.17) is 13.3 Å². The lowest BCUT2D eigenvalue weighted by Crippen LogP contribution is -2.37. The Labute approximate surface area is 83.4 Å². The van der Waals surface area contributed by atoms with Gasteiger partial charge in [-0.1, -0.05) is 12.1 Å². The number of fused-ring (bicyclic) bond motifs is 1. The molecule has 73 valence electrons. The third-order valence-corrected chi connectivity index (χ3v) is 3.00. The number of hydrogen-bond donors (Lipinski definition) is 0. The van der Waals surface area contributed by atoms with Gasteiger partial charge in [0.2, 0.25) is 0 Å². The Balaban J connectivity index is 2.24. The average molecular weight is 209 g/mol. The van der Waals surface area contributed by atoms with Crippen LogP contribution in [0.4, 0.5) is 0 Å². The van der Waals surface area contributed by atoms with Crippen LogP contribution in [0.2, 0.25) is 0 Å². The number of para-hydroxylation sites is 1. The van der Waals surface area contributed by atoms with Gasteiger partial charge in [0, 0.05) is 6.61 Å². The Kier molecular flexibility index (Phi) is 2.51. The molecule has 0 spiro atoms. The molecule has 0 amide bonds. The van der Waals surface area contributed by atoms with Crippen LogP contribution < -0.4 is 4.43 Å². The van der Waals surface area contributed by atoms with Crippen molar-refractivity contribution in [1.29, 1.82) is 0 Å². The molecular weight excluding hydrogens is 200 g/mol. The van der Waals surface area contributed by atoms with Gasteiger partial charge in [0.25, 0.3) is 0 Å². The second kappa shape index (κ2) is 3.81. The van der Waals surface area contributed by atoms with E-state index in [2.05, 4.69) is 0 Å². The molecule has 0 aromatic heterocycles. The van der Waals surface area contributed by atoms with Crippen molar-refractivity contribution in [3.05, 3.63) is 29.8 Å². The Morgan fingerprint density at radius 1 is 1.36 bits per heavy atom. The lowest BCUT2D eigenvalue weighted by atomic mass is 10.2. The summed E-state index contributed by atoms with van der Waals surface area (Å²) in [6, 6.07) is 6.98.